The van der Waals surface area contributed by atoms with Crippen LogP contribution >= 0.6 is 15.9 Å². The fourth-order valence-electron chi connectivity index (χ4n) is 1.43. The largest absolute Gasteiger partial charge is 0.360 e. The molecule has 0 bridgehead atoms. The van der Waals surface area contributed by atoms with Gasteiger partial charge in [-0.2, -0.15) is 0 Å². The summed E-state index contributed by atoms with van der Waals surface area (Å²) in [5, 5.41) is 0. The van der Waals surface area contributed by atoms with Crippen molar-refractivity contribution in [3.8, 4) is 0 Å². The van der Waals surface area contributed by atoms with Crippen LogP contribution in [0, 0.1) is 6.92 Å². The lowest BCUT2D eigenvalue weighted by Crippen LogP contribution is -2.20. The lowest BCUT2D eigenvalue weighted by Gasteiger charge is -2.18. The third-order valence-corrected chi connectivity index (χ3v) is 2.69. The van der Waals surface area contributed by atoms with Crippen molar-refractivity contribution in [2.45, 2.75) is 33.1 Å². The summed E-state index contributed by atoms with van der Waals surface area (Å²) in [7, 11) is 2.07. The van der Waals surface area contributed by atoms with Crippen LogP contribution in [0.3, 0.4) is 0 Å². The lowest BCUT2D eigenvalue weighted by molar-refractivity contribution is 0.699. The third-order valence-electron chi connectivity index (χ3n) is 2.28. The molecule has 1 aromatic heterocycles. The van der Waals surface area contributed by atoms with Crippen molar-refractivity contribution in [3.63, 3.8) is 0 Å². The minimum Gasteiger partial charge on any atom is -0.360 e. The number of aromatic nitrogens is 2. The highest BCUT2D eigenvalue weighted by Gasteiger charge is 2.04. The molecule has 0 radical (unpaired) electrons. The first kappa shape index (κ1) is 12.4. The van der Waals surface area contributed by atoms with E-state index in [1.54, 1.807) is 0 Å². The molecule has 84 valence electrons. The number of rotatable bonds is 5. The summed E-state index contributed by atoms with van der Waals surface area (Å²) in [6.45, 7) is 5.18. The van der Waals surface area contributed by atoms with Gasteiger partial charge in [0.05, 0.1) is 0 Å². The molecule has 0 atom stereocenters. The van der Waals surface area contributed by atoms with Crippen molar-refractivity contribution in [1.82, 2.24) is 9.97 Å². The van der Waals surface area contributed by atoms with Gasteiger partial charge in [-0.1, -0.05) is 19.8 Å². The standard InChI is InChI=1S/C11H18BrN3/c1-4-5-6-7-15(3)11-8-10(12)13-9(2)14-11/h8H,4-7H2,1-3H3. The monoisotopic (exact) mass is 271 g/mol. The van der Waals surface area contributed by atoms with Gasteiger partial charge >= 0.3 is 0 Å². The van der Waals surface area contributed by atoms with Gasteiger partial charge in [0.15, 0.2) is 0 Å². The summed E-state index contributed by atoms with van der Waals surface area (Å²) in [4.78, 5) is 10.8. The van der Waals surface area contributed by atoms with Crippen LogP contribution in [0.25, 0.3) is 0 Å². The van der Waals surface area contributed by atoms with Gasteiger partial charge in [0.2, 0.25) is 0 Å². The zero-order valence-electron chi connectivity index (χ0n) is 9.63. The molecular weight excluding hydrogens is 254 g/mol. The number of halogens is 1. The van der Waals surface area contributed by atoms with E-state index in [0.717, 1.165) is 22.8 Å². The van der Waals surface area contributed by atoms with E-state index >= 15 is 0 Å². The van der Waals surface area contributed by atoms with E-state index in [1.807, 2.05) is 13.0 Å². The second-order valence-corrected chi connectivity index (χ2v) is 4.54. The highest BCUT2D eigenvalue weighted by Crippen LogP contribution is 2.15. The van der Waals surface area contributed by atoms with E-state index in [2.05, 4.69) is 44.8 Å². The summed E-state index contributed by atoms with van der Waals surface area (Å²) < 4.78 is 0.854. The maximum atomic E-state index is 4.40. The van der Waals surface area contributed by atoms with Crippen LogP contribution < -0.4 is 4.90 Å². The molecule has 0 saturated heterocycles. The fraction of sp³-hybridized carbons (Fsp3) is 0.636. The Morgan fingerprint density at radius 3 is 2.67 bits per heavy atom. The predicted molar refractivity (Wildman–Crippen MR) is 67.3 cm³/mol. The molecule has 0 spiro atoms. The average molecular weight is 272 g/mol. The Hall–Kier alpha value is -0.640. The molecule has 0 saturated carbocycles. The number of nitrogens with zero attached hydrogens (tertiary/aromatic N) is 3. The molecule has 3 nitrogen and oxygen atoms in total. The minimum atomic E-state index is 0.807. The molecule has 0 N–H and O–H groups in total. The lowest BCUT2D eigenvalue weighted by atomic mass is 10.2. The summed E-state index contributed by atoms with van der Waals surface area (Å²) in [5.74, 6) is 1.80. The van der Waals surface area contributed by atoms with Gasteiger partial charge in [0.25, 0.3) is 0 Å². The molecule has 0 amide bonds. The van der Waals surface area contributed by atoms with E-state index in [0.29, 0.717) is 0 Å². The van der Waals surface area contributed by atoms with Gasteiger partial charge in [-0.3, -0.25) is 0 Å². The van der Waals surface area contributed by atoms with Crippen LogP contribution in [-0.2, 0) is 0 Å². The van der Waals surface area contributed by atoms with Crippen LogP contribution in [0.1, 0.15) is 32.0 Å². The van der Waals surface area contributed by atoms with Crippen LogP contribution in [0.2, 0.25) is 0 Å². The topological polar surface area (TPSA) is 29.0 Å². The van der Waals surface area contributed by atoms with Gasteiger partial charge in [-0.05, 0) is 29.3 Å². The highest BCUT2D eigenvalue weighted by atomic mass is 79.9. The highest BCUT2D eigenvalue weighted by molar-refractivity contribution is 9.10. The molecule has 1 rings (SSSR count). The number of hydrogen-bond donors (Lipinski definition) is 0. The average Bonchev–Trinajstić information content (AvgIpc) is 2.16. The molecule has 1 heterocycles. The van der Waals surface area contributed by atoms with Crippen LogP contribution in [-0.4, -0.2) is 23.6 Å². The normalized spacial score (nSPS) is 10.4. The van der Waals surface area contributed by atoms with Crippen LogP contribution in [0.15, 0.2) is 10.7 Å². The number of anilines is 1. The van der Waals surface area contributed by atoms with E-state index in [1.165, 1.54) is 19.3 Å². The molecule has 0 aliphatic rings. The van der Waals surface area contributed by atoms with E-state index < -0.39 is 0 Å². The fourth-order valence-corrected chi connectivity index (χ4v) is 1.89. The first-order chi connectivity index (χ1) is 7.13. The van der Waals surface area contributed by atoms with Crippen molar-refractivity contribution in [3.05, 3.63) is 16.5 Å². The third kappa shape index (κ3) is 4.16. The predicted octanol–water partition coefficient (Wildman–Crippen LogP) is 3.17. The Morgan fingerprint density at radius 1 is 1.33 bits per heavy atom. The number of aryl methyl sites for hydroxylation is 1. The molecule has 4 heteroatoms. The Bertz CT molecular complexity index is 294. The second-order valence-electron chi connectivity index (χ2n) is 3.72. The molecule has 15 heavy (non-hydrogen) atoms. The van der Waals surface area contributed by atoms with E-state index in [4.69, 9.17) is 0 Å². The SMILES string of the molecule is CCCCCN(C)c1cc(Br)nc(C)n1. The van der Waals surface area contributed by atoms with Crippen molar-refractivity contribution >= 4 is 21.7 Å². The molecule has 0 unspecified atom stereocenters. The number of unbranched alkanes of at least 4 members (excludes halogenated alkanes) is 2. The first-order valence-corrected chi connectivity index (χ1v) is 6.15. The minimum absolute atomic E-state index is 0.807. The van der Waals surface area contributed by atoms with Gasteiger partial charge in [-0.15, -0.1) is 0 Å². The van der Waals surface area contributed by atoms with Crippen LogP contribution in [0.4, 0.5) is 5.82 Å². The van der Waals surface area contributed by atoms with Crippen molar-refractivity contribution in [2.75, 3.05) is 18.5 Å². The first-order valence-electron chi connectivity index (χ1n) is 5.35. The summed E-state index contributed by atoms with van der Waals surface area (Å²) in [6.07, 6.45) is 3.74. The smallest absolute Gasteiger partial charge is 0.133 e. The maximum absolute atomic E-state index is 4.40. The second kappa shape index (κ2) is 6.05. The van der Waals surface area contributed by atoms with E-state index in [9.17, 15) is 0 Å². The van der Waals surface area contributed by atoms with Gasteiger partial charge in [-0.25, -0.2) is 9.97 Å². The molecular formula is C11H18BrN3. The summed E-state index contributed by atoms with van der Waals surface area (Å²) in [5.41, 5.74) is 0. The van der Waals surface area contributed by atoms with Gasteiger partial charge in [0, 0.05) is 19.7 Å². The molecule has 1 aromatic rings. The quantitative estimate of drug-likeness (QED) is 0.609. The Morgan fingerprint density at radius 2 is 2.07 bits per heavy atom. The molecule has 0 aliphatic heterocycles. The molecule has 0 aromatic carbocycles. The zero-order chi connectivity index (χ0) is 11.3. The summed E-state index contributed by atoms with van der Waals surface area (Å²) in [6, 6.07) is 1.96. The molecule has 0 fully saturated rings. The van der Waals surface area contributed by atoms with E-state index in [-0.39, 0.29) is 0 Å². The maximum Gasteiger partial charge on any atom is 0.133 e. The molecule has 0 aliphatic carbocycles. The Labute approximate surface area is 100 Å². The van der Waals surface area contributed by atoms with Gasteiger partial charge in [0.1, 0.15) is 16.2 Å². The Kier molecular flexibility index (Phi) is 5.02. The summed E-state index contributed by atoms with van der Waals surface area (Å²) >= 11 is 3.39. The van der Waals surface area contributed by atoms with Crippen molar-refractivity contribution < 1.29 is 0 Å². The van der Waals surface area contributed by atoms with Crippen LogP contribution in [0.5, 0.6) is 0 Å². The van der Waals surface area contributed by atoms with Crippen molar-refractivity contribution in [2.24, 2.45) is 0 Å². The van der Waals surface area contributed by atoms with Crippen molar-refractivity contribution in [1.29, 1.82) is 0 Å². The number of hydrogen-bond acceptors (Lipinski definition) is 3. The zero-order valence-corrected chi connectivity index (χ0v) is 11.2. The Balaban J connectivity index is 2.60. The van der Waals surface area contributed by atoms with Gasteiger partial charge < -0.3 is 4.90 Å².